The maximum absolute atomic E-state index is 4.36. The first kappa shape index (κ1) is 11.8. The summed E-state index contributed by atoms with van der Waals surface area (Å²) >= 11 is 3.52. The lowest BCUT2D eigenvalue weighted by Crippen LogP contribution is -2.27. The van der Waals surface area contributed by atoms with Crippen LogP contribution in [-0.2, 0) is 0 Å². The van der Waals surface area contributed by atoms with Gasteiger partial charge in [-0.3, -0.25) is 0 Å². The zero-order valence-electron chi connectivity index (χ0n) is 9.91. The summed E-state index contributed by atoms with van der Waals surface area (Å²) in [6.07, 6.45) is 7.22. The van der Waals surface area contributed by atoms with Gasteiger partial charge in [0.1, 0.15) is 12.1 Å². The fourth-order valence-electron chi connectivity index (χ4n) is 2.48. The highest BCUT2D eigenvalue weighted by Crippen LogP contribution is 2.39. The van der Waals surface area contributed by atoms with Crippen molar-refractivity contribution in [1.82, 2.24) is 9.97 Å². The number of halogens is 1. The number of aromatic nitrogens is 2. The summed E-state index contributed by atoms with van der Waals surface area (Å²) in [5.74, 6) is 1.04. The maximum atomic E-state index is 4.36. The summed E-state index contributed by atoms with van der Waals surface area (Å²) in [6.45, 7) is 6.82. The highest BCUT2D eigenvalue weighted by atomic mass is 79.9. The molecule has 0 amide bonds. The molecule has 88 valence electrons. The molecule has 1 aliphatic heterocycles. The van der Waals surface area contributed by atoms with Crippen LogP contribution in [0, 0.1) is 5.41 Å². The van der Waals surface area contributed by atoms with Crippen LogP contribution in [0.1, 0.15) is 33.1 Å². The van der Waals surface area contributed by atoms with E-state index in [4.69, 9.17) is 0 Å². The minimum Gasteiger partial charge on any atom is -0.355 e. The van der Waals surface area contributed by atoms with E-state index in [0.29, 0.717) is 5.41 Å². The smallest absolute Gasteiger partial charge is 0.146 e. The van der Waals surface area contributed by atoms with E-state index in [2.05, 4.69) is 44.6 Å². The lowest BCUT2D eigenvalue weighted by molar-refractivity contribution is 0.301. The topological polar surface area (TPSA) is 29.0 Å². The van der Waals surface area contributed by atoms with Crippen molar-refractivity contribution in [1.29, 1.82) is 0 Å². The van der Waals surface area contributed by atoms with Crippen LogP contribution in [0.4, 0.5) is 5.82 Å². The van der Waals surface area contributed by atoms with Crippen LogP contribution >= 0.6 is 15.9 Å². The van der Waals surface area contributed by atoms with Crippen LogP contribution in [0.2, 0.25) is 0 Å². The molecule has 1 fully saturated rings. The fraction of sp³-hybridized carbons (Fsp3) is 0.667. The average Bonchev–Trinajstić information content (AvgIpc) is 2.75. The molecule has 2 rings (SSSR count). The molecule has 16 heavy (non-hydrogen) atoms. The van der Waals surface area contributed by atoms with Gasteiger partial charge in [-0.15, -0.1) is 0 Å². The molecule has 0 aromatic carbocycles. The molecule has 0 atom stereocenters. The van der Waals surface area contributed by atoms with Crippen LogP contribution in [0.5, 0.6) is 0 Å². The fourth-order valence-corrected chi connectivity index (χ4v) is 2.95. The van der Waals surface area contributed by atoms with Crippen molar-refractivity contribution in [3.63, 3.8) is 0 Å². The SMILES string of the molecule is CCC1(CC)CCN(c2ncncc2Br)C1. The number of anilines is 1. The standard InChI is InChI=1S/C12H18BrN3/c1-3-12(4-2)5-6-16(8-12)11-10(13)7-14-9-15-11/h7,9H,3-6,8H2,1-2H3. The van der Waals surface area contributed by atoms with E-state index in [1.807, 2.05) is 6.20 Å². The zero-order chi connectivity index (χ0) is 11.6. The first-order valence-corrected chi connectivity index (χ1v) is 6.70. The van der Waals surface area contributed by atoms with Crippen molar-refractivity contribution in [2.75, 3.05) is 18.0 Å². The van der Waals surface area contributed by atoms with Crippen LogP contribution in [0.15, 0.2) is 17.0 Å². The molecule has 1 aromatic rings. The molecule has 2 heterocycles. The largest absolute Gasteiger partial charge is 0.355 e. The van der Waals surface area contributed by atoms with Gasteiger partial charge in [-0.1, -0.05) is 13.8 Å². The first-order valence-electron chi connectivity index (χ1n) is 5.91. The molecule has 0 aliphatic carbocycles. The zero-order valence-corrected chi connectivity index (χ0v) is 11.5. The van der Waals surface area contributed by atoms with Gasteiger partial charge in [0.2, 0.25) is 0 Å². The van der Waals surface area contributed by atoms with Gasteiger partial charge in [0, 0.05) is 19.3 Å². The second-order valence-corrected chi connectivity index (χ2v) is 5.43. The number of nitrogens with zero attached hydrogens (tertiary/aromatic N) is 3. The van der Waals surface area contributed by atoms with Gasteiger partial charge >= 0.3 is 0 Å². The van der Waals surface area contributed by atoms with Gasteiger partial charge in [-0.25, -0.2) is 9.97 Å². The molecule has 0 unspecified atom stereocenters. The van der Waals surface area contributed by atoms with Crippen molar-refractivity contribution in [3.8, 4) is 0 Å². The van der Waals surface area contributed by atoms with Crippen molar-refractivity contribution in [2.45, 2.75) is 33.1 Å². The van der Waals surface area contributed by atoms with Gasteiger partial charge in [0.25, 0.3) is 0 Å². The highest BCUT2D eigenvalue weighted by molar-refractivity contribution is 9.10. The van der Waals surface area contributed by atoms with Crippen molar-refractivity contribution < 1.29 is 0 Å². The van der Waals surface area contributed by atoms with E-state index in [1.54, 1.807) is 6.33 Å². The summed E-state index contributed by atoms with van der Waals surface area (Å²) in [7, 11) is 0. The molecule has 1 saturated heterocycles. The summed E-state index contributed by atoms with van der Waals surface area (Å²) in [6, 6.07) is 0. The third-order valence-electron chi connectivity index (χ3n) is 3.89. The second-order valence-electron chi connectivity index (χ2n) is 4.57. The van der Waals surface area contributed by atoms with Crippen LogP contribution in [-0.4, -0.2) is 23.1 Å². The molecular formula is C12H18BrN3. The van der Waals surface area contributed by atoms with Gasteiger partial charge in [0.15, 0.2) is 0 Å². The Morgan fingerprint density at radius 2 is 2.19 bits per heavy atom. The van der Waals surface area contributed by atoms with E-state index < -0.39 is 0 Å². The Bertz CT molecular complexity index is 363. The van der Waals surface area contributed by atoms with E-state index in [0.717, 1.165) is 23.4 Å². The van der Waals surface area contributed by atoms with Gasteiger partial charge < -0.3 is 4.90 Å². The average molecular weight is 284 g/mol. The van der Waals surface area contributed by atoms with E-state index in [-0.39, 0.29) is 0 Å². The minimum absolute atomic E-state index is 0.490. The van der Waals surface area contributed by atoms with Crippen LogP contribution in [0.3, 0.4) is 0 Å². The van der Waals surface area contributed by atoms with Gasteiger partial charge in [-0.05, 0) is 40.6 Å². The molecule has 0 bridgehead atoms. The lowest BCUT2D eigenvalue weighted by Gasteiger charge is -2.26. The molecule has 4 heteroatoms. The molecule has 1 aliphatic rings. The van der Waals surface area contributed by atoms with E-state index in [9.17, 15) is 0 Å². The molecule has 3 nitrogen and oxygen atoms in total. The monoisotopic (exact) mass is 283 g/mol. The quantitative estimate of drug-likeness (QED) is 0.853. The summed E-state index contributed by atoms with van der Waals surface area (Å²) < 4.78 is 0.998. The Morgan fingerprint density at radius 1 is 1.44 bits per heavy atom. The highest BCUT2D eigenvalue weighted by Gasteiger charge is 2.35. The van der Waals surface area contributed by atoms with Gasteiger partial charge in [-0.2, -0.15) is 0 Å². The van der Waals surface area contributed by atoms with E-state index >= 15 is 0 Å². The van der Waals surface area contributed by atoms with Crippen molar-refractivity contribution in [2.24, 2.45) is 5.41 Å². The summed E-state index contributed by atoms with van der Waals surface area (Å²) in [5.41, 5.74) is 0.490. The number of rotatable bonds is 3. The third kappa shape index (κ3) is 2.08. The predicted molar refractivity (Wildman–Crippen MR) is 69.6 cm³/mol. The van der Waals surface area contributed by atoms with Crippen molar-refractivity contribution >= 4 is 21.7 Å². The predicted octanol–water partition coefficient (Wildman–Crippen LogP) is 3.26. The Kier molecular flexibility index (Phi) is 3.47. The second kappa shape index (κ2) is 4.70. The lowest BCUT2D eigenvalue weighted by atomic mass is 9.82. The first-order chi connectivity index (χ1) is 7.71. The molecule has 0 radical (unpaired) electrons. The maximum Gasteiger partial charge on any atom is 0.146 e. The van der Waals surface area contributed by atoms with E-state index in [1.165, 1.54) is 19.3 Å². The van der Waals surface area contributed by atoms with Crippen LogP contribution in [0.25, 0.3) is 0 Å². The Balaban J connectivity index is 2.18. The Hall–Kier alpha value is -0.640. The summed E-state index contributed by atoms with van der Waals surface area (Å²) in [5, 5.41) is 0. The minimum atomic E-state index is 0.490. The van der Waals surface area contributed by atoms with Crippen molar-refractivity contribution in [3.05, 3.63) is 17.0 Å². The van der Waals surface area contributed by atoms with Gasteiger partial charge in [0.05, 0.1) is 4.47 Å². The third-order valence-corrected chi connectivity index (χ3v) is 4.45. The Labute approximate surface area is 105 Å². The number of hydrogen-bond acceptors (Lipinski definition) is 3. The van der Waals surface area contributed by atoms with Crippen LogP contribution < -0.4 is 4.90 Å². The molecule has 0 saturated carbocycles. The normalized spacial score (nSPS) is 19.1. The Morgan fingerprint density at radius 3 is 2.75 bits per heavy atom. The summed E-state index contributed by atoms with van der Waals surface area (Å²) in [4.78, 5) is 10.7. The molecule has 1 aromatic heterocycles. The number of hydrogen-bond donors (Lipinski definition) is 0. The molecular weight excluding hydrogens is 266 g/mol. The molecule has 0 N–H and O–H groups in total. The molecule has 0 spiro atoms.